The number of nitrogens with zero attached hydrogens (tertiary/aromatic N) is 2. The van der Waals surface area contributed by atoms with Crippen molar-refractivity contribution in [2.45, 2.75) is 20.1 Å². The van der Waals surface area contributed by atoms with Gasteiger partial charge in [-0.05, 0) is 18.1 Å². The smallest absolute Gasteiger partial charge is 0.413 e. The van der Waals surface area contributed by atoms with Gasteiger partial charge in [0, 0.05) is 0 Å². The van der Waals surface area contributed by atoms with E-state index in [2.05, 4.69) is 11.4 Å². The van der Waals surface area contributed by atoms with Crippen molar-refractivity contribution < 1.29 is 23.8 Å². The number of carbonyl (C=O) groups excluding carboxylic acids is 1. The standard InChI is InChI=1S/C18H22N2O4/c1-15(2)12-22-9-5-6-10-23-13-16-7-3-4-8-17(16)14-24-18(21)11-20-19/h3-8,11H,1,9-10,12-14H2,2H3/b6-5-. The Morgan fingerprint density at radius 1 is 1.17 bits per heavy atom. The van der Waals surface area contributed by atoms with E-state index in [0.717, 1.165) is 16.7 Å². The molecule has 0 amide bonds. The van der Waals surface area contributed by atoms with Gasteiger partial charge in [-0.25, -0.2) is 4.79 Å². The molecule has 24 heavy (non-hydrogen) atoms. The van der Waals surface area contributed by atoms with E-state index < -0.39 is 5.97 Å². The van der Waals surface area contributed by atoms with Crippen LogP contribution in [-0.2, 0) is 32.2 Å². The van der Waals surface area contributed by atoms with Crippen molar-refractivity contribution in [1.29, 1.82) is 0 Å². The number of benzene rings is 1. The van der Waals surface area contributed by atoms with Gasteiger partial charge < -0.3 is 19.7 Å². The Labute approximate surface area is 142 Å². The predicted molar refractivity (Wildman–Crippen MR) is 90.4 cm³/mol. The fraction of sp³-hybridized carbons (Fsp3) is 0.333. The maximum atomic E-state index is 11.2. The minimum atomic E-state index is -0.703. The molecule has 1 rings (SSSR count). The average molecular weight is 330 g/mol. The average Bonchev–Trinajstić information content (AvgIpc) is 2.56. The highest BCUT2D eigenvalue weighted by Gasteiger charge is 2.07. The van der Waals surface area contributed by atoms with Crippen molar-refractivity contribution in [3.05, 3.63) is 65.2 Å². The van der Waals surface area contributed by atoms with E-state index in [4.69, 9.17) is 19.7 Å². The third kappa shape index (κ3) is 8.80. The van der Waals surface area contributed by atoms with Crippen LogP contribution < -0.4 is 0 Å². The van der Waals surface area contributed by atoms with Crippen molar-refractivity contribution in [3.63, 3.8) is 0 Å². The largest absolute Gasteiger partial charge is 0.452 e. The molecule has 0 radical (unpaired) electrons. The Balaban J connectivity index is 2.34. The summed E-state index contributed by atoms with van der Waals surface area (Å²) in [6, 6.07) is 7.50. The molecular formula is C18H22N2O4. The number of ether oxygens (including phenoxy) is 3. The highest BCUT2D eigenvalue weighted by Crippen LogP contribution is 2.11. The second kappa shape index (κ2) is 12.0. The first kappa shape index (κ1) is 19.5. The molecule has 0 saturated carbocycles. The van der Waals surface area contributed by atoms with Gasteiger partial charge in [-0.3, -0.25) is 0 Å². The summed E-state index contributed by atoms with van der Waals surface area (Å²) in [6.07, 6.45) is 4.49. The molecule has 128 valence electrons. The van der Waals surface area contributed by atoms with Gasteiger partial charge in [0.15, 0.2) is 0 Å². The van der Waals surface area contributed by atoms with Crippen LogP contribution in [0.3, 0.4) is 0 Å². The monoisotopic (exact) mass is 330 g/mol. The van der Waals surface area contributed by atoms with Crippen LogP contribution in [0.4, 0.5) is 0 Å². The van der Waals surface area contributed by atoms with Crippen molar-refractivity contribution in [1.82, 2.24) is 0 Å². The van der Waals surface area contributed by atoms with Gasteiger partial charge in [-0.15, -0.1) is 0 Å². The van der Waals surface area contributed by atoms with Crippen molar-refractivity contribution in [2.75, 3.05) is 19.8 Å². The summed E-state index contributed by atoms with van der Waals surface area (Å²) in [6.45, 7) is 7.70. The summed E-state index contributed by atoms with van der Waals surface area (Å²) in [5, 5.41) is 0. The lowest BCUT2D eigenvalue weighted by atomic mass is 10.1. The minimum absolute atomic E-state index is 0.0922. The lowest BCUT2D eigenvalue weighted by Gasteiger charge is -2.08. The molecule has 1 aromatic carbocycles. The van der Waals surface area contributed by atoms with Gasteiger partial charge in [0.1, 0.15) is 6.61 Å². The maximum Gasteiger partial charge on any atom is 0.413 e. The van der Waals surface area contributed by atoms with Gasteiger partial charge in [0.25, 0.3) is 0 Å². The second-order valence-corrected chi connectivity index (χ2v) is 5.08. The molecule has 6 nitrogen and oxygen atoms in total. The fourth-order valence-electron chi connectivity index (χ4n) is 1.75. The summed E-state index contributed by atoms with van der Waals surface area (Å²) in [5.74, 6) is -0.703. The van der Waals surface area contributed by atoms with E-state index in [-0.39, 0.29) is 6.61 Å². The van der Waals surface area contributed by atoms with Gasteiger partial charge in [0.05, 0.1) is 26.4 Å². The first-order chi connectivity index (χ1) is 11.6. The molecule has 0 aliphatic heterocycles. The predicted octanol–water partition coefficient (Wildman–Crippen LogP) is 2.70. The zero-order valence-electron chi connectivity index (χ0n) is 13.8. The van der Waals surface area contributed by atoms with Crippen LogP contribution in [0.2, 0.25) is 0 Å². The number of rotatable bonds is 11. The van der Waals surface area contributed by atoms with Gasteiger partial charge in [-0.1, -0.05) is 48.6 Å². The lowest BCUT2D eigenvalue weighted by molar-refractivity contribution is -0.140. The minimum Gasteiger partial charge on any atom is -0.452 e. The van der Waals surface area contributed by atoms with E-state index in [1.165, 1.54) is 0 Å². The van der Waals surface area contributed by atoms with Crippen LogP contribution in [0.1, 0.15) is 18.1 Å². The molecule has 0 aliphatic rings. The molecular weight excluding hydrogens is 308 g/mol. The van der Waals surface area contributed by atoms with E-state index in [0.29, 0.717) is 32.6 Å². The summed E-state index contributed by atoms with van der Waals surface area (Å²) >= 11 is 0. The van der Waals surface area contributed by atoms with Crippen LogP contribution in [0.5, 0.6) is 0 Å². The number of carbonyl (C=O) groups is 1. The van der Waals surface area contributed by atoms with E-state index in [1.807, 2.05) is 43.3 Å². The zero-order valence-corrected chi connectivity index (χ0v) is 13.8. The highest BCUT2D eigenvalue weighted by atomic mass is 16.5. The first-order valence-corrected chi connectivity index (χ1v) is 7.49. The molecule has 1 aromatic rings. The molecule has 0 fully saturated rings. The highest BCUT2D eigenvalue weighted by molar-refractivity contribution is 6.20. The topological polar surface area (TPSA) is 81.2 Å². The van der Waals surface area contributed by atoms with Crippen molar-refractivity contribution >= 4 is 12.2 Å². The zero-order chi connectivity index (χ0) is 17.6. The summed E-state index contributed by atoms with van der Waals surface area (Å²) in [4.78, 5) is 13.8. The molecule has 6 heteroatoms. The molecule has 0 aromatic heterocycles. The van der Waals surface area contributed by atoms with E-state index >= 15 is 0 Å². The Kier molecular flexibility index (Phi) is 9.73. The van der Waals surface area contributed by atoms with Crippen LogP contribution in [0.25, 0.3) is 5.53 Å². The maximum absolute atomic E-state index is 11.2. The normalized spacial score (nSPS) is 10.4. The third-order valence-electron chi connectivity index (χ3n) is 2.85. The van der Waals surface area contributed by atoms with Crippen LogP contribution in [0, 0.1) is 0 Å². The second-order valence-electron chi connectivity index (χ2n) is 5.08. The first-order valence-electron chi connectivity index (χ1n) is 7.49. The van der Waals surface area contributed by atoms with E-state index in [1.54, 1.807) is 0 Å². The van der Waals surface area contributed by atoms with Crippen LogP contribution in [0.15, 0.2) is 48.6 Å². The SMILES string of the molecule is C=C(C)COC/C=C\COCc1ccccc1COC(=O)C=[N+]=[N-]. The quantitative estimate of drug-likeness (QED) is 0.156. The Morgan fingerprint density at radius 3 is 2.42 bits per heavy atom. The Morgan fingerprint density at radius 2 is 1.79 bits per heavy atom. The Bertz CT molecular complexity index is 619. The molecule has 0 spiro atoms. The summed E-state index contributed by atoms with van der Waals surface area (Å²) in [7, 11) is 0. The molecule has 0 heterocycles. The third-order valence-corrected chi connectivity index (χ3v) is 2.85. The Hall–Kier alpha value is -2.53. The van der Waals surface area contributed by atoms with Gasteiger partial charge >= 0.3 is 12.2 Å². The lowest BCUT2D eigenvalue weighted by Crippen LogP contribution is -2.08. The molecule has 0 saturated heterocycles. The van der Waals surface area contributed by atoms with Crippen LogP contribution >= 0.6 is 0 Å². The summed E-state index contributed by atoms with van der Waals surface area (Å²) in [5.41, 5.74) is 11.0. The molecule has 0 aliphatic carbocycles. The van der Waals surface area contributed by atoms with Crippen molar-refractivity contribution in [3.8, 4) is 0 Å². The molecule has 0 atom stereocenters. The molecule has 0 N–H and O–H groups in total. The van der Waals surface area contributed by atoms with Crippen LogP contribution in [-0.4, -0.2) is 36.8 Å². The number of hydrogen-bond donors (Lipinski definition) is 0. The number of esters is 1. The summed E-state index contributed by atoms with van der Waals surface area (Å²) < 4.78 is 15.9. The van der Waals surface area contributed by atoms with Gasteiger partial charge in [-0.2, -0.15) is 4.79 Å². The number of hydrogen-bond acceptors (Lipinski definition) is 4. The van der Waals surface area contributed by atoms with E-state index in [9.17, 15) is 4.79 Å². The molecule has 0 bridgehead atoms. The van der Waals surface area contributed by atoms with Crippen molar-refractivity contribution in [2.24, 2.45) is 0 Å². The fourth-order valence-corrected chi connectivity index (χ4v) is 1.75. The molecule has 0 unspecified atom stereocenters. The van der Waals surface area contributed by atoms with Gasteiger partial charge in [0.2, 0.25) is 0 Å².